The molecule has 0 spiro atoms. The number of hydrogen-bond acceptors (Lipinski definition) is 3. The van der Waals surface area contributed by atoms with Crippen LogP contribution in [0.1, 0.15) is 78.1 Å². The number of esters is 1. The van der Waals surface area contributed by atoms with Crippen LogP contribution in [0.4, 0.5) is 0 Å². The molecule has 2 rings (SSSR count). The maximum atomic E-state index is 13.0. The summed E-state index contributed by atoms with van der Waals surface area (Å²) >= 11 is 0. The summed E-state index contributed by atoms with van der Waals surface area (Å²) in [5, 5.41) is 10.0. The second-order valence-corrected chi connectivity index (χ2v) is 7.31. The monoisotopic (exact) mass is 324 g/mol. The number of ether oxygens (including phenoxy) is 1. The molecule has 2 saturated carbocycles. The van der Waals surface area contributed by atoms with Gasteiger partial charge in [0.15, 0.2) is 0 Å². The van der Waals surface area contributed by atoms with Crippen molar-refractivity contribution in [2.75, 3.05) is 6.61 Å². The Morgan fingerprint density at radius 1 is 1.04 bits per heavy atom. The minimum Gasteiger partial charge on any atom is -0.481 e. The number of carboxylic acid groups (broad SMARTS) is 1. The number of aliphatic carboxylic acids is 1. The SMILES string of the molecule is CCOC(=O)C(CC)(C1CCCCC1)C(C(=O)O)C1CCCC1. The molecule has 0 saturated heterocycles. The second-order valence-electron chi connectivity index (χ2n) is 7.31. The number of carbonyl (C=O) groups excluding carboxylic acids is 1. The Bertz CT molecular complexity index is 408. The third-order valence-electron chi connectivity index (χ3n) is 6.27. The van der Waals surface area contributed by atoms with E-state index in [2.05, 4.69) is 0 Å². The van der Waals surface area contributed by atoms with Gasteiger partial charge in [0.1, 0.15) is 0 Å². The number of hydrogen-bond donors (Lipinski definition) is 1. The Kier molecular flexibility index (Phi) is 6.49. The predicted octanol–water partition coefficient (Wildman–Crippen LogP) is 4.42. The molecule has 0 aromatic heterocycles. The molecule has 2 aliphatic carbocycles. The standard InChI is InChI=1S/C19H32O4/c1-3-19(18(22)23-4-2,15-12-6-5-7-13-15)16(17(20)21)14-10-8-9-11-14/h14-16H,3-13H2,1-2H3,(H,20,21). The first-order chi connectivity index (χ1) is 11.1. The first-order valence-corrected chi connectivity index (χ1v) is 9.47. The smallest absolute Gasteiger partial charge is 0.313 e. The molecule has 4 nitrogen and oxygen atoms in total. The molecule has 0 heterocycles. The van der Waals surface area contributed by atoms with Crippen molar-refractivity contribution in [3.8, 4) is 0 Å². The van der Waals surface area contributed by atoms with Crippen molar-refractivity contribution in [2.24, 2.45) is 23.2 Å². The molecule has 23 heavy (non-hydrogen) atoms. The van der Waals surface area contributed by atoms with E-state index in [1.807, 2.05) is 13.8 Å². The summed E-state index contributed by atoms with van der Waals surface area (Å²) < 4.78 is 5.44. The van der Waals surface area contributed by atoms with E-state index in [1.54, 1.807) is 0 Å². The second kappa shape index (κ2) is 8.16. The lowest BCUT2D eigenvalue weighted by atomic mass is 9.57. The molecule has 2 aliphatic rings. The van der Waals surface area contributed by atoms with Gasteiger partial charge in [0.05, 0.1) is 17.9 Å². The predicted molar refractivity (Wildman–Crippen MR) is 89.0 cm³/mol. The summed E-state index contributed by atoms with van der Waals surface area (Å²) in [6, 6.07) is 0. The molecule has 0 aromatic carbocycles. The number of rotatable bonds is 7. The third kappa shape index (κ3) is 3.56. The lowest BCUT2D eigenvalue weighted by Gasteiger charge is -2.45. The first kappa shape index (κ1) is 18.3. The van der Waals surface area contributed by atoms with Crippen LogP contribution in [0.2, 0.25) is 0 Å². The van der Waals surface area contributed by atoms with Crippen molar-refractivity contribution < 1.29 is 19.4 Å². The van der Waals surface area contributed by atoms with Crippen LogP contribution in [-0.2, 0) is 14.3 Å². The largest absolute Gasteiger partial charge is 0.481 e. The maximum absolute atomic E-state index is 13.0. The van der Waals surface area contributed by atoms with Crippen molar-refractivity contribution in [1.29, 1.82) is 0 Å². The highest BCUT2D eigenvalue weighted by molar-refractivity contribution is 5.85. The summed E-state index contributed by atoms with van der Waals surface area (Å²) in [4.78, 5) is 25.2. The molecule has 0 amide bonds. The molecular weight excluding hydrogens is 292 g/mol. The Balaban J connectivity index is 2.42. The van der Waals surface area contributed by atoms with Gasteiger partial charge in [-0.25, -0.2) is 0 Å². The van der Waals surface area contributed by atoms with E-state index >= 15 is 0 Å². The van der Waals surface area contributed by atoms with Crippen LogP contribution in [0.25, 0.3) is 0 Å². The molecular formula is C19H32O4. The average Bonchev–Trinajstić information content (AvgIpc) is 3.06. The van der Waals surface area contributed by atoms with Crippen molar-refractivity contribution in [2.45, 2.75) is 78.1 Å². The van der Waals surface area contributed by atoms with Gasteiger partial charge in [-0.1, -0.05) is 39.0 Å². The number of carbonyl (C=O) groups is 2. The van der Waals surface area contributed by atoms with E-state index in [4.69, 9.17) is 4.74 Å². The lowest BCUT2D eigenvalue weighted by molar-refractivity contribution is -0.177. The normalized spacial score (nSPS) is 24.1. The highest BCUT2D eigenvalue weighted by atomic mass is 16.5. The van der Waals surface area contributed by atoms with Crippen LogP contribution in [0, 0.1) is 23.2 Å². The Hall–Kier alpha value is -1.06. The van der Waals surface area contributed by atoms with Crippen molar-refractivity contribution in [3.05, 3.63) is 0 Å². The van der Waals surface area contributed by atoms with Gasteiger partial charge in [-0.3, -0.25) is 9.59 Å². The maximum Gasteiger partial charge on any atom is 0.313 e. The molecule has 2 fully saturated rings. The first-order valence-electron chi connectivity index (χ1n) is 9.47. The zero-order valence-electron chi connectivity index (χ0n) is 14.7. The van der Waals surface area contributed by atoms with Crippen LogP contribution < -0.4 is 0 Å². The third-order valence-corrected chi connectivity index (χ3v) is 6.27. The topological polar surface area (TPSA) is 63.6 Å². The van der Waals surface area contributed by atoms with E-state index in [0.29, 0.717) is 13.0 Å². The Labute approximate surface area is 140 Å². The highest BCUT2D eigenvalue weighted by Crippen LogP contribution is 2.52. The van der Waals surface area contributed by atoms with Crippen LogP contribution in [0.5, 0.6) is 0 Å². The summed E-state index contributed by atoms with van der Waals surface area (Å²) in [6.45, 7) is 4.12. The fraction of sp³-hybridized carbons (Fsp3) is 0.895. The van der Waals surface area contributed by atoms with Crippen LogP contribution in [0.3, 0.4) is 0 Å². The summed E-state index contributed by atoms with van der Waals surface area (Å²) in [5.41, 5.74) is -0.836. The van der Waals surface area contributed by atoms with Gasteiger partial charge >= 0.3 is 11.9 Å². The Morgan fingerprint density at radius 3 is 2.09 bits per heavy atom. The molecule has 1 N–H and O–H groups in total. The average molecular weight is 324 g/mol. The van der Waals surface area contributed by atoms with Crippen molar-refractivity contribution in [3.63, 3.8) is 0 Å². The molecule has 0 aromatic rings. The molecule has 0 radical (unpaired) electrons. The highest BCUT2D eigenvalue weighted by Gasteiger charge is 2.56. The fourth-order valence-corrected chi connectivity index (χ4v) is 5.22. The van der Waals surface area contributed by atoms with Gasteiger partial charge in [0.25, 0.3) is 0 Å². The molecule has 2 atom stereocenters. The fourth-order valence-electron chi connectivity index (χ4n) is 5.22. The van der Waals surface area contributed by atoms with Gasteiger partial charge in [-0.15, -0.1) is 0 Å². The van der Waals surface area contributed by atoms with Crippen molar-refractivity contribution in [1.82, 2.24) is 0 Å². The van der Waals surface area contributed by atoms with Gasteiger partial charge in [0, 0.05) is 0 Å². The minimum absolute atomic E-state index is 0.124. The summed E-state index contributed by atoms with van der Waals surface area (Å²) in [7, 11) is 0. The van der Waals surface area contributed by atoms with Gasteiger partial charge < -0.3 is 9.84 Å². The molecule has 0 aliphatic heterocycles. The van der Waals surface area contributed by atoms with Crippen molar-refractivity contribution >= 4 is 11.9 Å². The molecule has 0 bridgehead atoms. The lowest BCUT2D eigenvalue weighted by Crippen LogP contribution is -2.51. The Morgan fingerprint density at radius 2 is 1.61 bits per heavy atom. The van der Waals surface area contributed by atoms with Crippen LogP contribution >= 0.6 is 0 Å². The number of carboxylic acids is 1. The molecule has 2 unspecified atom stereocenters. The summed E-state index contributed by atoms with van der Waals surface area (Å²) in [6.07, 6.45) is 9.93. The van der Waals surface area contributed by atoms with E-state index < -0.39 is 17.3 Å². The van der Waals surface area contributed by atoms with Crippen LogP contribution in [0.15, 0.2) is 0 Å². The van der Waals surface area contributed by atoms with E-state index in [1.165, 1.54) is 6.42 Å². The quantitative estimate of drug-likeness (QED) is 0.704. The van der Waals surface area contributed by atoms with Crippen LogP contribution in [-0.4, -0.2) is 23.7 Å². The van der Waals surface area contributed by atoms with E-state index in [-0.39, 0.29) is 17.8 Å². The van der Waals surface area contributed by atoms with E-state index in [0.717, 1.165) is 51.4 Å². The van der Waals surface area contributed by atoms with E-state index in [9.17, 15) is 14.7 Å². The van der Waals surface area contributed by atoms with Gasteiger partial charge in [-0.05, 0) is 50.9 Å². The zero-order chi connectivity index (χ0) is 16.9. The zero-order valence-corrected chi connectivity index (χ0v) is 14.7. The van der Waals surface area contributed by atoms with Gasteiger partial charge in [0.2, 0.25) is 0 Å². The minimum atomic E-state index is -0.836. The molecule has 132 valence electrons. The molecule has 4 heteroatoms. The summed E-state index contributed by atoms with van der Waals surface area (Å²) in [5.74, 6) is -1.36. The van der Waals surface area contributed by atoms with Gasteiger partial charge in [-0.2, -0.15) is 0 Å².